The second-order valence-corrected chi connectivity index (χ2v) is 5.06. The van der Waals surface area contributed by atoms with Crippen LogP contribution in [0.15, 0.2) is 110 Å². The lowest BCUT2D eigenvalue weighted by Gasteiger charge is -1.87. The minimum atomic E-state index is -0.981. The van der Waals surface area contributed by atoms with E-state index < -0.39 is 5.97 Å². The molecule has 2 aromatic carbocycles. The van der Waals surface area contributed by atoms with Crippen molar-refractivity contribution in [2.24, 2.45) is 0 Å². The molecule has 0 bridgehead atoms. The zero-order valence-electron chi connectivity index (χ0n) is 15.9. The van der Waals surface area contributed by atoms with Crippen LogP contribution in [0.5, 0.6) is 0 Å². The van der Waals surface area contributed by atoms with E-state index >= 15 is 0 Å². The molecule has 0 unspecified atom stereocenters. The second-order valence-electron chi connectivity index (χ2n) is 5.06. The quantitative estimate of drug-likeness (QED) is 0.401. The van der Waals surface area contributed by atoms with Gasteiger partial charge in [-0.2, -0.15) is 10.5 Å². The summed E-state index contributed by atoms with van der Waals surface area (Å²) in [5, 5.41) is 24.0. The fourth-order valence-corrected chi connectivity index (χ4v) is 1.66. The predicted molar refractivity (Wildman–Crippen MR) is 118 cm³/mol. The number of rotatable bonds is 5. The third kappa shape index (κ3) is 16.8. The minimum Gasteiger partial charge on any atom is -0.478 e. The fraction of sp³-hybridized carbons (Fsp3) is 0. The Morgan fingerprint density at radius 2 is 1.10 bits per heavy atom. The van der Waals surface area contributed by atoms with Crippen LogP contribution in [0.4, 0.5) is 0 Å². The zero-order chi connectivity index (χ0) is 21.6. The molecule has 4 nitrogen and oxygen atoms in total. The van der Waals surface area contributed by atoms with Crippen molar-refractivity contribution in [3.05, 3.63) is 121 Å². The van der Waals surface area contributed by atoms with Crippen LogP contribution in [-0.4, -0.2) is 11.1 Å². The van der Waals surface area contributed by atoms with E-state index in [1.54, 1.807) is 12.2 Å². The Morgan fingerprint density at radius 1 is 0.759 bits per heavy atom. The smallest absolute Gasteiger partial charge is 0.327 e. The van der Waals surface area contributed by atoms with Gasteiger partial charge in [-0.1, -0.05) is 104 Å². The standard InChI is InChI=1S/2C11H9N.C3H4O2/c2*12-10-6-2-5-9-11-7-3-1-4-8-11;1-2-3(4)5/h2*1-9H;2H,1H2,(H,4,5). The summed E-state index contributed by atoms with van der Waals surface area (Å²) in [6.45, 7) is 2.96. The van der Waals surface area contributed by atoms with Gasteiger partial charge in [0.15, 0.2) is 0 Å². The first-order chi connectivity index (χ1) is 14.1. The monoisotopic (exact) mass is 382 g/mol. The van der Waals surface area contributed by atoms with Gasteiger partial charge in [0.25, 0.3) is 0 Å². The van der Waals surface area contributed by atoms with E-state index in [0.717, 1.165) is 17.2 Å². The number of hydrogen-bond donors (Lipinski definition) is 1. The Morgan fingerprint density at radius 3 is 1.38 bits per heavy atom. The number of aliphatic carboxylic acids is 1. The molecule has 4 heteroatoms. The van der Waals surface area contributed by atoms with Crippen LogP contribution in [0.3, 0.4) is 0 Å². The van der Waals surface area contributed by atoms with Gasteiger partial charge in [-0.05, 0) is 11.1 Å². The predicted octanol–water partition coefficient (Wildman–Crippen LogP) is 5.82. The van der Waals surface area contributed by atoms with Crippen molar-refractivity contribution < 1.29 is 9.90 Å². The maximum absolute atomic E-state index is 9.25. The second kappa shape index (κ2) is 18.4. The topological polar surface area (TPSA) is 84.9 Å². The minimum absolute atomic E-state index is 0.833. The molecular formula is C25H22N2O2. The maximum atomic E-state index is 9.25. The molecule has 2 rings (SSSR count). The third-order valence-electron chi connectivity index (χ3n) is 2.91. The molecule has 0 saturated carbocycles. The van der Waals surface area contributed by atoms with E-state index in [1.165, 1.54) is 12.2 Å². The molecule has 1 N–H and O–H groups in total. The van der Waals surface area contributed by atoms with Crippen LogP contribution in [0, 0.1) is 22.7 Å². The molecule has 0 atom stereocenters. The summed E-state index contributed by atoms with van der Waals surface area (Å²) in [4.78, 5) is 9.25. The zero-order valence-corrected chi connectivity index (χ0v) is 15.9. The van der Waals surface area contributed by atoms with Gasteiger partial charge in [-0.3, -0.25) is 0 Å². The Kier molecular flexibility index (Phi) is 15.6. The van der Waals surface area contributed by atoms with Crippen molar-refractivity contribution in [3.8, 4) is 12.1 Å². The Balaban J connectivity index is 0.000000442. The summed E-state index contributed by atoms with van der Waals surface area (Å²) in [6, 6.07) is 23.8. The largest absolute Gasteiger partial charge is 0.478 e. The van der Waals surface area contributed by atoms with Crippen LogP contribution < -0.4 is 0 Å². The molecule has 144 valence electrons. The van der Waals surface area contributed by atoms with E-state index in [1.807, 2.05) is 97.1 Å². The average molecular weight is 382 g/mol. The average Bonchev–Trinajstić information content (AvgIpc) is 2.77. The van der Waals surface area contributed by atoms with Crippen LogP contribution in [0.25, 0.3) is 12.2 Å². The molecule has 2 aromatic rings. The van der Waals surface area contributed by atoms with Gasteiger partial charge in [-0.25, -0.2) is 4.79 Å². The van der Waals surface area contributed by atoms with Crippen molar-refractivity contribution in [1.29, 1.82) is 10.5 Å². The number of nitrogens with zero attached hydrogens (tertiary/aromatic N) is 2. The number of benzene rings is 2. The number of nitriles is 2. The number of carboxylic acids is 1. The molecule has 29 heavy (non-hydrogen) atoms. The molecule has 0 aromatic heterocycles. The third-order valence-corrected chi connectivity index (χ3v) is 2.91. The van der Waals surface area contributed by atoms with Crippen LogP contribution in [0.2, 0.25) is 0 Å². The van der Waals surface area contributed by atoms with E-state index in [9.17, 15) is 4.79 Å². The first kappa shape index (κ1) is 24.6. The molecule has 0 radical (unpaired) electrons. The van der Waals surface area contributed by atoms with Gasteiger partial charge in [0, 0.05) is 18.2 Å². The lowest BCUT2D eigenvalue weighted by Crippen LogP contribution is -1.82. The number of hydrogen-bond acceptors (Lipinski definition) is 3. The highest BCUT2D eigenvalue weighted by atomic mass is 16.4. The van der Waals surface area contributed by atoms with Crippen molar-refractivity contribution in [3.63, 3.8) is 0 Å². The molecule has 0 aliphatic carbocycles. The van der Waals surface area contributed by atoms with Crippen LogP contribution in [-0.2, 0) is 4.79 Å². The molecule has 0 heterocycles. The number of carboxylic acid groups (broad SMARTS) is 1. The Labute approximate surface area is 172 Å². The van der Waals surface area contributed by atoms with Crippen molar-refractivity contribution >= 4 is 18.1 Å². The fourth-order valence-electron chi connectivity index (χ4n) is 1.66. The first-order valence-electron chi connectivity index (χ1n) is 8.55. The van der Waals surface area contributed by atoms with E-state index in [-0.39, 0.29) is 0 Å². The van der Waals surface area contributed by atoms with Crippen LogP contribution in [0.1, 0.15) is 11.1 Å². The molecule has 0 amide bonds. The van der Waals surface area contributed by atoms with Gasteiger partial charge < -0.3 is 5.11 Å². The van der Waals surface area contributed by atoms with Crippen molar-refractivity contribution in [2.45, 2.75) is 0 Å². The molecule has 0 aliphatic rings. The van der Waals surface area contributed by atoms with E-state index in [4.69, 9.17) is 15.6 Å². The van der Waals surface area contributed by atoms with E-state index in [2.05, 4.69) is 6.58 Å². The Hall–Kier alpha value is -4.41. The Bertz CT molecular complexity index is 841. The summed E-state index contributed by atoms with van der Waals surface area (Å²) in [5.74, 6) is -0.981. The normalized spacial score (nSPS) is 9.86. The number of carbonyl (C=O) groups is 1. The van der Waals surface area contributed by atoms with Crippen molar-refractivity contribution in [1.82, 2.24) is 0 Å². The summed E-state index contributed by atoms with van der Waals surface area (Å²) < 4.78 is 0. The molecule has 0 aliphatic heterocycles. The maximum Gasteiger partial charge on any atom is 0.327 e. The summed E-state index contributed by atoms with van der Waals surface area (Å²) in [6.07, 6.45) is 14.7. The highest BCUT2D eigenvalue weighted by molar-refractivity contribution is 5.78. The van der Waals surface area contributed by atoms with Gasteiger partial charge in [0.1, 0.15) is 0 Å². The summed E-state index contributed by atoms with van der Waals surface area (Å²) in [7, 11) is 0. The van der Waals surface area contributed by atoms with Gasteiger partial charge in [0.05, 0.1) is 12.1 Å². The molecular weight excluding hydrogens is 360 g/mol. The van der Waals surface area contributed by atoms with Crippen LogP contribution >= 0.6 is 0 Å². The lowest BCUT2D eigenvalue weighted by atomic mass is 10.2. The molecule has 0 saturated heterocycles. The first-order valence-corrected chi connectivity index (χ1v) is 8.55. The van der Waals surface area contributed by atoms with Crippen molar-refractivity contribution in [2.75, 3.05) is 0 Å². The summed E-state index contributed by atoms with van der Waals surface area (Å²) in [5.41, 5.74) is 2.28. The van der Waals surface area contributed by atoms with Gasteiger partial charge in [-0.15, -0.1) is 0 Å². The van der Waals surface area contributed by atoms with Gasteiger partial charge in [0.2, 0.25) is 0 Å². The highest BCUT2D eigenvalue weighted by Gasteiger charge is 1.79. The van der Waals surface area contributed by atoms with E-state index in [0.29, 0.717) is 0 Å². The van der Waals surface area contributed by atoms with Gasteiger partial charge >= 0.3 is 5.97 Å². The molecule has 0 fully saturated rings. The number of allylic oxidation sites excluding steroid dienone is 6. The lowest BCUT2D eigenvalue weighted by molar-refractivity contribution is -0.131. The highest BCUT2D eigenvalue weighted by Crippen LogP contribution is 2.01. The molecule has 0 spiro atoms. The SMILES string of the molecule is C=CC(=O)O.N#CC=CC=Cc1ccccc1.N#CC=CC=Cc1ccccc1. The summed E-state index contributed by atoms with van der Waals surface area (Å²) >= 11 is 0.